The van der Waals surface area contributed by atoms with Gasteiger partial charge in [-0.25, -0.2) is 4.98 Å². The molecule has 1 unspecified atom stereocenters. The summed E-state index contributed by atoms with van der Waals surface area (Å²) >= 11 is 0. The molecule has 0 amide bonds. The van der Waals surface area contributed by atoms with Gasteiger partial charge in [-0.15, -0.1) is 0 Å². The van der Waals surface area contributed by atoms with E-state index in [0.717, 1.165) is 0 Å². The Labute approximate surface area is 102 Å². The average molecular weight is 240 g/mol. The molecule has 1 heterocycles. The summed E-state index contributed by atoms with van der Waals surface area (Å²) in [6, 6.07) is -0.173. The van der Waals surface area contributed by atoms with Crippen molar-refractivity contribution in [2.75, 3.05) is 14.2 Å². The van der Waals surface area contributed by atoms with Crippen molar-refractivity contribution in [2.24, 2.45) is 5.84 Å². The minimum atomic E-state index is -0.306. The fourth-order valence-electron chi connectivity index (χ4n) is 1.54. The first-order valence-electron chi connectivity index (χ1n) is 5.40. The summed E-state index contributed by atoms with van der Waals surface area (Å²) in [6.45, 7) is 3.97. The molecule has 0 aromatic carbocycles. The zero-order chi connectivity index (χ0) is 12.9. The molecule has 0 fully saturated rings. The van der Waals surface area contributed by atoms with Crippen molar-refractivity contribution in [1.29, 1.82) is 0 Å². The summed E-state index contributed by atoms with van der Waals surface area (Å²) in [5.74, 6) is 6.04. The van der Waals surface area contributed by atoms with Crippen LogP contribution in [0.3, 0.4) is 0 Å². The zero-order valence-corrected chi connectivity index (χ0v) is 10.7. The van der Waals surface area contributed by atoms with E-state index in [1.807, 2.05) is 13.8 Å². The van der Waals surface area contributed by atoms with Gasteiger partial charge >= 0.3 is 0 Å². The fraction of sp³-hybridized carbons (Fsp3) is 0.636. The largest absolute Gasteiger partial charge is 0.480 e. The minimum absolute atomic E-state index is 0.173. The van der Waals surface area contributed by atoms with Gasteiger partial charge in [0.05, 0.1) is 18.8 Å². The van der Waals surface area contributed by atoms with Crippen molar-refractivity contribution in [2.45, 2.75) is 31.9 Å². The van der Waals surface area contributed by atoms with E-state index in [1.54, 1.807) is 26.6 Å². The van der Waals surface area contributed by atoms with Gasteiger partial charge in [0.1, 0.15) is 5.69 Å². The van der Waals surface area contributed by atoms with Gasteiger partial charge in [0.25, 0.3) is 0 Å². The molecule has 0 aliphatic carbocycles. The van der Waals surface area contributed by atoms with Crippen LogP contribution in [0.25, 0.3) is 0 Å². The van der Waals surface area contributed by atoms with Crippen molar-refractivity contribution in [3.63, 3.8) is 0 Å². The van der Waals surface area contributed by atoms with Crippen LogP contribution in [0.15, 0.2) is 12.4 Å². The number of methoxy groups -OCH3 is 2. The topological polar surface area (TPSA) is 82.3 Å². The number of hydrogen-bond acceptors (Lipinski definition) is 6. The van der Waals surface area contributed by atoms with Crippen molar-refractivity contribution in [1.82, 2.24) is 15.4 Å². The second-order valence-corrected chi connectivity index (χ2v) is 4.34. The molecule has 17 heavy (non-hydrogen) atoms. The Morgan fingerprint density at radius 1 is 1.35 bits per heavy atom. The van der Waals surface area contributed by atoms with Crippen LogP contribution in [-0.2, 0) is 4.74 Å². The van der Waals surface area contributed by atoms with Gasteiger partial charge in [-0.05, 0) is 20.3 Å². The quantitative estimate of drug-likeness (QED) is 0.565. The number of nitrogens with two attached hydrogens (primary N) is 1. The Kier molecular flexibility index (Phi) is 4.80. The van der Waals surface area contributed by atoms with Crippen molar-refractivity contribution >= 4 is 0 Å². The number of ether oxygens (including phenoxy) is 2. The number of aromatic nitrogens is 2. The Morgan fingerprint density at radius 2 is 2.00 bits per heavy atom. The number of rotatable bonds is 6. The summed E-state index contributed by atoms with van der Waals surface area (Å²) in [5, 5.41) is 0. The van der Waals surface area contributed by atoms with E-state index in [9.17, 15) is 0 Å². The first-order valence-corrected chi connectivity index (χ1v) is 5.40. The monoisotopic (exact) mass is 240 g/mol. The highest BCUT2D eigenvalue weighted by Gasteiger charge is 2.26. The summed E-state index contributed by atoms with van der Waals surface area (Å²) in [4.78, 5) is 8.35. The zero-order valence-electron chi connectivity index (χ0n) is 10.7. The highest BCUT2D eigenvalue weighted by atomic mass is 16.5. The Balaban J connectivity index is 2.93. The Morgan fingerprint density at radius 3 is 2.53 bits per heavy atom. The number of nitrogens with one attached hydrogen (secondary N) is 1. The summed E-state index contributed by atoms with van der Waals surface area (Å²) in [5.41, 5.74) is 3.10. The van der Waals surface area contributed by atoms with E-state index in [4.69, 9.17) is 15.3 Å². The molecule has 1 aromatic heterocycles. The molecular weight excluding hydrogens is 220 g/mol. The lowest BCUT2D eigenvalue weighted by atomic mass is 9.97. The van der Waals surface area contributed by atoms with Crippen LogP contribution in [0.5, 0.6) is 5.88 Å². The van der Waals surface area contributed by atoms with E-state index in [1.165, 1.54) is 0 Å². The highest BCUT2D eigenvalue weighted by Crippen LogP contribution is 2.28. The maximum atomic E-state index is 5.56. The predicted octanol–water partition coefficient (Wildman–Crippen LogP) is 0.805. The molecule has 3 N–H and O–H groups in total. The van der Waals surface area contributed by atoms with Gasteiger partial charge in [0.15, 0.2) is 0 Å². The van der Waals surface area contributed by atoms with Crippen LogP contribution in [0.2, 0.25) is 0 Å². The lowest BCUT2D eigenvalue weighted by Gasteiger charge is -2.28. The number of hydrogen-bond donors (Lipinski definition) is 2. The van der Waals surface area contributed by atoms with E-state index in [0.29, 0.717) is 18.0 Å². The summed E-state index contributed by atoms with van der Waals surface area (Å²) in [7, 11) is 3.23. The van der Waals surface area contributed by atoms with Gasteiger partial charge in [-0.1, -0.05) is 0 Å². The van der Waals surface area contributed by atoms with Crippen LogP contribution < -0.4 is 16.0 Å². The van der Waals surface area contributed by atoms with Gasteiger partial charge in [0, 0.05) is 19.5 Å². The average Bonchev–Trinajstić information content (AvgIpc) is 2.36. The van der Waals surface area contributed by atoms with Crippen LogP contribution >= 0.6 is 0 Å². The second kappa shape index (κ2) is 5.90. The van der Waals surface area contributed by atoms with Crippen molar-refractivity contribution < 1.29 is 9.47 Å². The standard InChI is InChI=1S/C11H20N4O2/c1-11(2,17-4)7-8(15-12)9-10(16-3)14-6-5-13-9/h5-6,8,15H,7,12H2,1-4H3. The van der Waals surface area contributed by atoms with Gasteiger partial charge in [-0.3, -0.25) is 16.3 Å². The molecule has 1 rings (SSSR count). The molecule has 0 bridgehead atoms. The van der Waals surface area contributed by atoms with Crippen molar-refractivity contribution in [3.8, 4) is 5.88 Å². The van der Waals surface area contributed by atoms with Crippen LogP contribution in [-0.4, -0.2) is 29.8 Å². The lowest BCUT2D eigenvalue weighted by Crippen LogP contribution is -2.36. The lowest BCUT2D eigenvalue weighted by molar-refractivity contribution is 0.00623. The molecule has 6 nitrogen and oxygen atoms in total. The molecule has 0 aliphatic rings. The molecule has 0 radical (unpaired) electrons. The summed E-state index contributed by atoms with van der Waals surface area (Å²) in [6.07, 6.45) is 3.86. The molecular formula is C11H20N4O2. The normalized spacial score (nSPS) is 13.5. The molecule has 0 spiro atoms. The summed E-state index contributed by atoms with van der Waals surface area (Å²) < 4.78 is 10.5. The van der Waals surface area contributed by atoms with Gasteiger partial charge in [-0.2, -0.15) is 0 Å². The number of hydrazine groups is 1. The highest BCUT2D eigenvalue weighted by molar-refractivity contribution is 5.21. The molecule has 96 valence electrons. The number of nitrogens with zero attached hydrogens (tertiary/aromatic N) is 2. The third-order valence-corrected chi connectivity index (χ3v) is 2.66. The van der Waals surface area contributed by atoms with Crippen molar-refractivity contribution in [3.05, 3.63) is 18.1 Å². The SMILES string of the molecule is COc1nccnc1C(CC(C)(C)OC)NN. The Hall–Kier alpha value is -1.24. The smallest absolute Gasteiger partial charge is 0.237 e. The minimum Gasteiger partial charge on any atom is -0.480 e. The van der Waals surface area contributed by atoms with E-state index in [-0.39, 0.29) is 11.6 Å². The van der Waals surface area contributed by atoms with Gasteiger partial charge in [0.2, 0.25) is 5.88 Å². The van der Waals surface area contributed by atoms with Crippen LogP contribution in [0, 0.1) is 0 Å². The van der Waals surface area contributed by atoms with Crippen LogP contribution in [0.1, 0.15) is 32.0 Å². The van der Waals surface area contributed by atoms with Gasteiger partial charge < -0.3 is 9.47 Å². The molecule has 0 aliphatic heterocycles. The van der Waals surface area contributed by atoms with E-state index in [2.05, 4.69) is 15.4 Å². The Bertz CT molecular complexity index is 357. The fourth-order valence-corrected chi connectivity index (χ4v) is 1.54. The first-order chi connectivity index (χ1) is 8.04. The third-order valence-electron chi connectivity index (χ3n) is 2.66. The second-order valence-electron chi connectivity index (χ2n) is 4.34. The molecule has 1 aromatic rings. The molecule has 0 saturated heterocycles. The van der Waals surface area contributed by atoms with Crippen LogP contribution in [0.4, 0.5) is 0 Å². The molecule has 0 saturated carbocycles. The van der Waals surface area contributed by atoms with E-state index < -0.39 is 0 Å². The first kappa shape index (κ1) is 13.8. The van der Waals surface area contributed by atoms with E-state index >= 15 is 0 Å². The third kappa shape index (κ3) is 3.62. The molecule has 6 heteroatoms. The molecule has 1 atom stereocenters. The predicted molar refractivity (Wildman–Crippen MR) is 64.4 cm³/mol. The maximum absolute atomic E-state index is 5.56. The maximum Gasteiger partial charge on any atom is 0.237 e.